The molecular formula is C21H30FN5. The molecular weight excluding hydrogens is 341 g/mol. The lowest BCUT2D eigenvalue weighted by molar-refractivity contribution is -0.0121. The predicted octanol–water partition coefficient (Wildman–Crippen LogP) is 3.95. The van der Waals surface area contributed by atoms with Gasteiger partial charge >= 0.3 is 0 Å². The standard InChI is InChI=1S/C21H30FN5/c1-20(2)12-15(13-21(3,4)27(20)6)26(5)18-16(22)17(24-19(23)25-18)14-10-8-7-9-11-14/h7-11,15H,12-13H2,1-6H3,(H2,23,24,25). The fourth-order valence-corrected chi connectivity index (χ4v) is 4.24. The van der Waals surface area contributed by atoms with Crippen LogP contribution in [0, 0.1) is 5.82 Å². The molecule has 1 aliphatic rings. The van der Waals surface area contributed by atoms with Crippen LogP contribution in [0.15, 0.2) is 30.3 Å². The van der Waals surface area contributed by atoms with Crippen LogP contribution in [-0.4, -0.2) is 46.1 Å². The lowest BCUT2D eigenvalue weighted by Crippen LogP contribution is -2.62. The van der Waals surface area contributed by atoms with Crippen LogP contribution < -0.4 is 10.6 Å². The third kappa shape index (κ3) is 3.63. The lowest BCUT2D eigenvalue weighted by atomic mass is 9.77. The minimum absolute atomic E-state index is 0.00200. The smallest absolute Gasteiger partial charge is 0.222 e. The number of hydrogen-bond donors (Lipinski definition) is 1. The van der Waals surface area contributed by atoms with Crippen LogP contribution in [0.1, 0.15) is 40.5 Å². The number of piperidine rings is 1. The molecule has 0 unspecified atom stereocenters. The van der Waals surface area contributed by atoms with Gasteiger partial charge in [0.15, 0.2) is 11.6 Å². The predicted molar refractivity (Wildman–Crippen MR) is 109 cm³/mol. The van der Waals surface area contributed by atoms with E-state index in [2.05, 4.69) is 49.6 Å². The van der Waals surface area contributed by atoms with Crippen LogP contribution in [0.3, 0.4) is 0 Å². The topological polar surface area (TPSA) is 58.3 Å². The van der Waals surface area contributed by atoms with Gasteiger partial charge in [-0.2, -0.15) is 4.98 Å². The third-order valence-electron chi connectivity index (χ3n) is 6.07. The number of benzene rings is 1. The molecule has 0 atom stereocenters. The van der Waals surface area contributed by atoms with Gasteiger partial charge in [-0.3, -0.25) is 4.90 Å². The molecule has 146 valence electrons. The summed E-state index contributed by atoms with van der Waals surface area (Å²) in [6, 6.07) is 9.42. The Kier molecular flexibility index (Phi) is 4.89. The molecule has 0 spiro atoms. The van der Waals surface area contributed by atoms with Gasteiger partial charge in [0.25, 0.3) is 0 Å². The summed E-state index contributed by atoms with van der Waals surface area (Å²) < 4.78 is 15.4. The fraction of sp³-hybridized carbons (Fsp3) is 0.524. The summed E-state index contributed by atoms with van der Waals surface area (Å²) in [6.45, 7) is 8.92. The van der Waals surface area contributed by atoms with E-state index in [4.69, 9.17) is 5.73 Å². The maximum Gasteiger partial charge on any atom is 0.222 e. The first-order valence-electron chi connectivity index (χ1n) is 9.38. The first-order chi connectivity index (χ1) is 12.5. The monoisotopic (exact) mass is 371 g/mol. The van der Waals surface area contributed by atoms with Crippen LogP contribution in [-0.2, 0) is 0 Å². The average molecular weight is 372 g/mol. The normalized spacial score (nSPS) is 19.8. The maximum atomic E-state index is 15.4. The molecule has 1 aliphatic heterocycles. The van der Waals surface area contributed by atoms with Gasteiger partial charge in [0, 0.05) is 29.7 Å². The number of nitrogen functional groups attached to an aromatic ring is 1. The van der Waals surface area contributed by atoms with Gasteiger partial charge in [-0.25, -0.2) is 9.37 Å². The van der Waals surface area contributed by atoms with Crippen molar-refractivity contribution >= 4 is 11.8 Å². The zero-order valence-corrected chi connectivity index (χ0v) is 17.1. The van der Waals surface area contributed by atoms with Gasteiger partial charge in [-0.05, 0) is 47.6 Å². The molecule has 2 N–H and O–H groups in total. The van der Waals surface area contributed by atoms with E-state index >= 15 is 4.39 Å². The van der Waals surface area contributed by atoms with Crippen molar-refractivity contribution in [1.29, 1.82) is 0 Å². The van der Waals surface area contributed by atoms with Crippen molar-refractivity contribution in [3.05, 3.63) is 36.1 Å². The van der Waals surface area contributed by atoms with Gasteiger partial charge in [-0.1, -0.05) is 30.3 Å². The third-order valence-corrected chi connectivity index (χ3v) is 6.07. The minimum Gasteiger partial charge on any atom is -0.368 e. The Morgan fingerprint density at radius 2 is 1.63 bits per heavy atom. The summed E-state index contributed by atoms with van der Waals surface area (Å²) in [5.41, 5.74) is 6.88. The van der Waals surface area contributed by atoms with Gasteiger partial charge in [0.05, 0.1) is 0 Å². The molecule has 1 aromatic heterocycles. The number of anilines is 2. The second-order valence-electron chi connectivity index (χ2n) is 8.79. The Labute approximate surface area is 161 Å². The number of hydrogen-bond acceptors (Lipinski definition) is 5. The first-order valence-corrected chi connectivity index (χ1v) is 9.38. The summed E-state index contributed by atoms with van der Waals surface area (Å²) in [5.74, 6) is -0.0708. The van der Waals surface area contributed by atoms with E-state index < -0.39 is 5.82 Å². The Bertz CT molecular complexity index is 801. The summed E-state index contributed by atoms with van der Waals surface area (Å²) in [4.78, 5) is 12.8. The average Bonchev–Trinajstić information content (AvgIpc) is 2.61. The number of nitrogens with zero attached hydrogens (tertiary/aromatic N) is 4. The van der Waals surface area contributed by atoms with E-state index in [1.807, 2.05) is 42.3 Å². The van der Waals surface area contributed by atoms with Gasteiger partial charge in [0.2, 0.25) is 5.95 Å². The number of rotatable bonds is 3. The minimum atomic E-state index is -0.424. The van der Waals surface area contributed by atoms with E-state index in [0.717, 1.165) is 12.8 Å². The Hall–Kier alpha value is -2.21. The zero-order chi connectivity index (χ0) is 20.0. The molecule has 3 rings (SSSR count). The van der Waals surface area contributed by atoms with Crippen LogP contribution in [0.2, 0.25) is 0 Å². The molecule has 2 aromatic rings. The lowest BCUT2D eigenvalue weighted by Gasteiger charge is -2.55. The zero-order valence-electron chi connectivity index (χ0n) is 17.1. The van der Waals surface area contributed by atoms with Gasteiger partial charge < -0.3 is 10.6 Å². The summed E-state index contributed by atoms with van der Waals surface area (Å²) in [6.07, 6.45) is 1.82. The SMILES string of the molecule is CN(c1nc(N)nc(-c2ccccc2)c1F)C1CC(C)(C)N(C)C(C)(C)C1. The highest BCUT2D eigenvalue weighted by Gasteiger charge is 2.44. The fourth-order valence-electron chi connectivity index (χ4n) is 4.24. The Balaban J connectivity index is 2.00. The second kappa shape index (κ2) is 6.75. The van der Waals surface area contributed by atoms with Crippen LogP contribution in [0.5, 0.6) is 0 Å². The summed E-state index contributed by atoms with van der Waals surface area (Å²) >= 11 is 0. The number of likely N-dealkylation sites (tertiary alicyclic amines) is 1. The maximum absolute atomic E-state index is 15.4. The Morgan fingerprint density at radius 3 is 2.19 bits per heavy atom. The van der Waals surface area contributed by atoms with Crippen molar-refractivity contribution in [2.75, 3.05) is 24.7 Å². The van der Waals surface area contributed by atoms with Crippen molar-refractivity contribution in [2.24, 2.45) is 0 Å². The largest absolute Gasteiger partial charge is 0.368 e. The van der Waals surface area contributed by atoms with Crippen molar-refractivity contribution < 1.29 is 4.39 Å². The van der Waals surface area contributed by atoms with Crippen molar-refractivity contribution in [1.82, 2.24) is 14.9 Å². The van der Waals surface area contributed by atoms with E-state index in [-0.39, 0.29) is 34.6 Å². The molecule has 1 aromatic carbocycles. The quantitative estimate of drug-likeness (QED) is 0.885. The van der Waals surface area contributed by atoms with Crippen molar-refractivity contribution in [2.45, 2.75) is 57.7 Å². The highest BCUT2D eigenvalue weighted by molar-refractivity contribution is 5.65. The van der Waals surface area contributed by atoms with Crippen LogP contribution in [0.25, 0.3) is 11.3 Å². The van der Waals surface area contributed by atoms with Gasteiger partial charge in [-0.15, -0.1) is 0 Å². The highest BCUT2D eigenvalue weighted by Crippen LogP contribution is 2.40. The highest BCUT2D eigenvalue weighted by atomic mass is 19.1. The first kappa shape index (κ1) is 19.5. The van der Waals surface area contributed by atoms with E-state index in [1.165, 1.54) is 0 Å². The molecule has 2 heterocycles. The number of aromatic nitrogens is 2. The van der Waals surface area contributed by atoms with E-state index in [0.29, 0.717) is 5.56 Å². The molecule has 5 nitrogen and oxygen atoms in total. The molecule has 1 fully saturated rings. The van der Waals surface area contributed by atoms with Crippen LogP contribution in [0.4, 0.5) is 16.2 Å². The molecule has 27 heavy (non-hydrogen) atoms. The van der Waals surface area contributed by atoms with Crippen molar-refractivity contribution in [3.63, 3.8) is 0 Å². The molecule has 0 aliphatic carbocycles. The van der Waals surface area contributed by atoms with E-state index in [9.17, 15) is 0 Å². The molecule has 0 amide bonds. The van der Waals surface area contributed by atoms with Crippen LogP contribution >= 0.6 is 0 Å². The molecule has 0 radical (unpaired) electrons. The number of nitrogens with two attached hydrogens (primary N) is 1. The second-order valence-corrected chi connectivity index (χ2v) is 8.79. The van der Waals surface area contributed by atoms with Gasteiger partial charge in [0.1, 0.15) is 5.69 Å². The molecule has 0 bridgehead atoms. The Morgan fingerprint density at radius 1 is 1.07 bits per heavy atom. The molecule has 0 saturated carbocycles. The molecule has 1 saturated heterocycles. The van der Waals surface area contributed by atoms with E-state index in [1.54, 1.807) is 0 Å². The summed E-state index contributed by atoms with van der Waals surface area (Å²) in [7, 11) is 4.06. The number of halogens is 1. The van der Waals surface area contributed by atoms with Crippen molar-refractivity contribution in [3.8, 4) is 11.3 Å². The summed E-state index contributed by atoms with van der Waals surface area (Å²) in [5, 5.41) is 0. The molecule has 6 heteroatoms.